The molecule has 1 aromatic rings. The molecule has 1 aromatic carbocycles. The van der Waals surface area contributed by atoms with Crippen LogP contribution in [0.4, 0.5) is 4.39 Å². The van der Waals surface area contributed by atoms with Crippen molar-refractivity contribution in [2.45, 2.75) is 33.1 Å². The molecule has 0 atom stereocenters. The highest BCUT2D eigenvalue weighted by Gasteiger charge is 2.32. The van der Waals surface area contributed by atoms with Crippen LogP contribution >= 0.6 is 11.6 Å². The summed E-state index contributed by atoms with van der Waals surface area (Å²) >= 11 is 5.91. The van der Waals surface area contributed by atoms with Crippen LogP contribution in [0.25, 0.3) is 0 Å². The molecule has 4 heteroatoms. The summed E-state index contributed by atoms with van der Waals surface area (Å²) in [5, 5.41) is 3.79. The lowest BCUT2D eigenvalue weighted by molar-refractivity contribution is 0.0147. The molecule has 1 aliphatic rings. The van der Waals surface area contributed by atoms with Crippen LogP contribution in [0.3, 0.4) is 0 Å². The summed E-state index contributed by atoms with van der Waals surface area (Å²) in [6.45, 7) is 8.03. The Morgan fingerprint density at radius 3 is 2.67 bits per heavy atom. The normalized spacial score (nSPS) is 18.1. The van der Waals surface area contributed by atoms with E-state index in [2.05, 4.69) is 19.2 Å². The van der Waals surface area contributed by atoms with E-state index < -0.39 is 0 Å². The zero-order chi connectivity index (χ0) is 15.3. The molecular formula is C17H25ClFNO. The molecule has 1 N–H and O–H groups in total. The second kappa shape index (κ2) is 7.57. The number of ether oxygens (including phenoxy) is 1. The highest BCUT2D eigenvalue weighted by atomic mass is 35.5. The van der Waals surface area contributed by atoms with Gasteiger partial charge in [-0.15, -0.1) is 0 Å². The van der Waals surface area contributed by atoms with Crippen LogP contribution in [-0.2, 0) is 11.2 Å². The summed E-state index contributed by atoms with van der Waals surface area (Å²) in [5.41, 5.74) is 1.29. The van der Waals surface area contributed by atoms with Crippen molar-refractivity contribution < 1.29 is 9.13 Å². The topological polar surface area (TPSA) is 21.3 Å². The van der Waals surface area contributed by atoms with Crippen LogP contribution in [-0.4, -0.2) is 26.3 Å². The Hall–Kier alpha value is -0.640. The van der Waals surface area contributed by atoms with E-state index in [4.69, 9.17) is 16.3 Å². The van der Waals surface area contributed by atoms with Gasteiger partial charge in [-0.2, -0.15) is 0 Å². The van der Waals surface area contributed by atoms with E-state index in [1.54, 1.807) is 6.07 Å². The average molecular weight is 314 g/mol. The fraction of sp³-hybridized carbons (Fsp3) is 0.647. The summed E-state index contributed by atoms with van der Waals surface area (Å²) in [6.07, 6.45) is 2.99. The van der Waals surface area contributed by atoms with Crippen molar-refractivity contribution in [2.24, 2.45) is 11.3 Å². The van der Waals surface area contributed by atoms with Gasteiger partial charge in [0.1, 0.15) is 5.82 Å². The molecule has 118 valence electrons. The minimum atomic E-state index is -0.348. The van der Waals surface area contributed by atoms with Gasteiger partial charge in [0, 0.05) is 19.8 Å². The fourth-order valence-corrected chi connectivity index (χ4v) is 3.13. The van der Waals surface area contributed by atoms with Crippen molar-refractivity contribution in [3.05, 3.63) is 34.6 Å². The highest BCUT2D eigenvalue weighted by Crippen LogP contribution is 2.34. The third-order valence-electron chi connectivity index (χ3n) is 4.17. The number of halogens is 2. The third kappa shape index (κ3) is 4.94. The van der Waals surface area contributed by atoms with Gasteiger partial charge in [0.25, 0.3) is 0 Å². The summed E-state index contributed by atoms with van der Waals surface area (Å²) in [4.78, 5) is 0. The number of hydrogen-bond acceptors (Lipinski definition) is 2. The minimum Gasteiger partial charge on any atom is -0.381 e. The Morgan fingerprint density at radius 1 is 1.33 bits per heavy atom. The molecule has 1 aliphatic heterocycles. The molecule has 0 aromatic heterocycles. The van der Waals surface area contributed by atoms with E-state index in [-0.39, 0.29) is 16.3 Å². The standard InChI is InChI=1S/C17H25ClFNO/c1-13(2)11-20-12-17(5-7-21-8-6-17)10-14-3-4-16(19)15(18)9-14/h3-4,9,13,20H,5-8,10-12H2,1-2H3. The van der Waals surface area contributed by atoms with Crippen molar-refractivity contribution in [3.8, 4) is 0 Å². The minimum absolute atomic E-state index is 0.189. The molecular weight excluding hydrogens is 289 g/mol. The molecule has 0 amide bonds. The van der Waals surface area contributed by atoms with Gasteiger partial charge >= 0.3 is 0 Å². The highest BCUT2D eigenvalue weighted by molar-refractivity contribution is 6.30. The van der Waals surface area contributed by atoms with Gasteiger partial charge in [-0.3, -0.25) is 0 Å². The van der Waals surface area contributed by atoms with Crippen molar-refractivity contribution in [1.82, 2.24) is 5.32 Å². The molecule has 0 bridgehead atoms. The Balaban J connectivity index is 2.05. The Bertz CT molecular complexity index is 458. The first-order chi connectivity index (χ1) is 10.0. The van der Waals surface area contributed by atoms with Crippen LogP contribution in [0.2, 0.25) is 5.02 Å². The quantitative estimate of drug-likeness (QED) is 0.855. The number of hydrogen-bond donors (Lipinski definition) is 1. The largest absolute Gasteiger partial charge is 0.381 e. The second-order valence-corrected chi connectivity index (χ2v) is 6.97. The summed E-state index contributed by atoms with van der Waals surface area (Å²) in [6, 6.07) is 5.07. The van der Waals surface area contributed by atoms with Gasteiger partial charge < -0.3 is 10.1 Å². The summed E-state index contributed by atoms with van der Waals surface area (Å²) in [7, 11) is 0. The summed E-state index contributed by atoms with van der Waals surface area (Å²) in [5.74, 6) is 0.293. The second-order valence-electron chi connectivity index (χ2n) is 6.56. The van der Waals surface area contributed by atoms with Crippen molar-refractivity contribution in [1.29, 1.82) is 0 Å². The molecule has 2 rings (SSSR count). The lowest BCUT2D eigenvalue weighted by atomic mass is 9.75. The lowest BCUT2D eigenvalue weighted by Crippen LogP contribution is -2.41. The van der Waals surface area contributed by atoms with Crippen molar-refractivity contribution in [3.63, 3.8) is 0 Å². The number of benzene rings is 1. The monoisotopic (exact) mass is 313 g/mol. The maximum Gasteiger partial charge on any atom is 0.141 e. The maximum absolute atomic E-state index is 13.3. The Labute approximate surface area is 132 Å². The van der Waals surface area contributed by atoms with Crippen LogP contribution in [0.5, 0.6) is 0 Å². The van der Waals surface area contributed by atoms with E-state index in [1.165, 1.54) is 6.07 Å². The molecule has 2 nitrogen and oxygen atoms in total. The molecule has 0 aliphatic carbocycles. The maximum atomic E-state index is 13.3. The fourth-order valence-electron chi connectivity index (χ4n) is 2.93. The number of rotatable bonds is 6. The van der Waals surface area contributed by atoms with Crippen LogP contribution in [0.15, 0.2) is 18.2 Å². The molecule has 0 spiro atoms. The molecule has 21 heavy (non-hydrogen) atoms. The summed E-state index contributed by atoms with van der Waals surface area (Å²) < 4.78 is 18.8. The van der Waals surface area contributed by atoms with Gasteiger partial charge in [-0.1, -0.05) is 31.5 Å². The van der Waals surface area contributed by atoms with Gasteiger partial charge in [-0.05, 0) is 54.8 Å². The number of nitrogens with one attached hydrogen (secondary N) is 1. The molecule has 1 fully saturated rings. The molecule has 0 unspecified atom stereocenters. The molecule has 1 saturated heterocycles. The van der Waals surface area contributed by atoms with Crippen LogP contribution < -0.4 is 5.32 Å². The zero-order valence-corrected chi connectivity index (χ0v) is 13.7. The predicted octanol–water partition coefficient (Wildman–Crippen LogP) is 4.06. The molecule has 0 radical (unpaired) electrons. The van der Waals surface area contributed by atoms with Crippen LogP contribution in [0.1, 0.15) is 32.3 Å². The van der Waals surface area contributed by atoms with Gasteiger partial charge in [0.15, 0.2) is 0 Å². The molecule has 0 saturated carbocycles. The predicted molar refractivity (Wildman–Crippen MR) is 85.3 cm³/mol. The first kappa shape index (κ1) is 16.7. The van der Waals surface area contributed by atoms with E-state index >= 15 is 0 Å². The average Bonchev–Trinajstić information content (AvgIpc) is 2.43. The third-order valence-corrected chi connectivity index (χ3v) is 4.46. The Kier molecular flexibility index (Phi) is 6.03. The van der Waals surface area contributed by atoms with Crippen molar-refractivity contribution >= 4 is 11.6 Å². The van der Waals surface area contributed by atoms with E-state index in [9.17, 15) is 4.39 Å². The van der Waals surface area contributed by atoms with E-state index in [0.29, 0.717) is 5.92 Å². The smallest absolute Gasteiger partial charge is 0.141 e. The Morgan fingerprint density at radius 2 is 2.05 bits per heavy atom. The first-order valence-electron chi connectivity index (χ1n) is 7.73. The SMILES string of the molecule is CC(C)CNCC1(Cc2ccc(F)c(Cl)c2)CCOCC1. The first-order valence-corrected chi connectivity index (χ1v) is 8.11. The van der Waals surface area contributed by atoms with Gasteiger partial charge in [-0.25, -0.2) is 4.39 Å². The van der Waals surface area contributed by atoms with E-state index in [1.807, 2.05) is 6.07 Å². The lowest BCUT2D eigenvalue weighted by Gasteiger charge is -2.38. The van der Waals surface area contributed by atoms with Crippen LogP contribution in [0, 0.1) is 17.2 Å². The van der Waals surface area contributed by atoms with Crippen molar-refractivity contribution in [2.75, 3.05) is 26.3 Å². The van der Waals surface area contributed by atoms with Gasteiger partial charge in [0.05, 0.1) is 5.02 Å². The van der Waals surface area contributed by atoms with E-state index in [0.717, 1.165) is 51.1 Å². The van der Waals surface area contributed by atoms with Gasteiger partial charge in [0.2, 0.25) is 0 Å². The molecule has 1 heterocycles. The zero-order valence-electron chi connectivity index (χ0n) is 12.9.